The van der Waals surface area contributed by atoms with E-state index in [2.05, 4.69) is 26.6 Å². The highest BCUT2D eigenvalue weighted by Crippen LogP contribution is 2.51. The van der Waals surface area contributed by atoms with E-state index in [4.69, 9.17) is 28.3 Å². The van der Waals surface area contributed by atoms with Gasteiger partial charge in [-0.15, -0.1) is 0 Å². The van der Waals surface area contributed by atoms with Gasteiger partial charge in [0.25, 0.3) is 23.5 Å². The maximum absolute atomic E-state index is 15.4. The van der Waals surface area contributed by atoms with Crippen LogP contribution < -0.4 is 41.6 Å². The second kappa shape index (κ2) is 40.9. The number of Topliss-reactive ketones (excluding diaryl/α,β-unsaturated/α-hetero) is 2. The lowest BCUT2D eigenvalue weighted by Crippen LogP contribution is -2.60. The third kappa shape index (κ3) is 21.2. The number of carbonyl (C=O) groups excluding carboxylic acids is 12. The molecule has 0 aromatic heterocycles. The monoisotopic (exact) mass is 1740 g/mol. The molecule has 7 aliphatic heterocycles. The number of nitrogens with zero attached hydrogens (tertiary/aromatic N) is 5. The summed E-state index contributed by atoms with van der Waals surface area (Å²) in [7, 11) is 2.88. The minimum Gasteiger partial charge on any atom is -0.507 e. The number of aliphatic hydroxyl groups excluding tert-OH is 2. The molecule has 2 saturated heterocycles. The van der Waals surface area contributed by atoms with Crippen molar-refractivity contribution in [2.45, 2.75) is 208 Å². The fourth-order valence-electron chi connectivity index (χ4n) is 17.3. The second-order valence-electron chi connectivity index (χ2n) is 34.5. The highest BCUT2D eigenvalue weighted by Gasteiger charge is 2.51. The SMILES string of the molecule is CC[C@H](C)[C@H](NC(=O)[C@@H]1CCCN1C(=O)CNC(=O)CCN1C(=O)C=CC1=O)C(=O)N(C)[C@@H](CC(C)C)C(=O)N[C@@H](Cc1ccccc1)C(=O)C[C@@H](Cc1ccccc1)C(=O)NC1CCN(c2cc(O)c3nc4c5c6c7c(C)c(O)c5c(=O)c(c-4oc3c2)NC(=O)/C(C)=C\C=C\[C@H](C)[C@H](O)[C@@H](C)[C@@H](O)[C@@H](C)[C@H](OC(C)=O)[C@H](C)[C@@H](OC)/C=C/O[C@@](C)(O7)C6=O)CC1. The number of hydrogen-bond donors (Lipinski definition) is 9. The van der Waals surface area contributed by atoms with E-state index in [1.807, 2.05) is 74.2 Å². The Balaban J connectivity index is 0.831. The largest absolute Gasteiger partial charge is 0.507 e. The molecular weight excluding hydrogens is 1620 g/mol. The number of nitrogens with one attached hydrogen (secondary N) is 5. The number of hydrogen-bond acceptors (Lipinski definition) is 24. The topological polar surface area (TPSA) is 439 Å². The molecule has 126 heavy (non-hydrogen) atoms. The first-order valence-corrected chi connectivity index (χ1v) is 43.1. The summed E-state index contributed by atoms with van der Waals surface area (Å²) < 4.78 is 30.9. The summed E-state index contributed by atoms with van der Waals surface area (Å²) in [5.74, 6) is -15.5. The van der Waals surface area contributed by atoms with Crippen molar-refractivity contribution in [2.75, 3.05) is 57.1 Å². The predicted octanol–water partition coefficient (Wildman–Crippen LogP) is 8.11. The number of ether oxygens (including phenoxy) is 4. The van der Waals surface area contributed by atoms with Crippen LogP contribution in [0.5, 0.6) is 17.2 Å². The van der Waals surface area contributed by atoms with Gasteiger partial charge in [0.15, 0.2) is 17.1 Å². The molecule has 0 unspecified atom stereocenters. The first-order chi connectivity index (χ1) is 59.8. The molecule has 0 saturated carbocycles. The minimum atomic E-state index is -2.20. The Morgan fingerprint density at radius 1 is 0.802 bits per heavy atom. The molecule has 32 heteroatoms. The third-order valence-corrected chi connectivity index (χ3v) is 25.1. The van der Waals surface area contributed by atoms with E-state index in [1.165, 1.54) is 75.9 Å². The van der Waals surface area contributed by atoms with Crippen LogP contribution >= 0.6 is 0 Å². The number of allylic oxidation sites excluding steroid dienone is 2. The molecule has 0 radical (unpaired) electrons. The number of aliphatic hydroxyl groups is 2. The first-order valence-electron chi connectivity index (χ1n) is 43.1. The number of piperidine rings is 1. The number of rotatable bonds is 27. The number of methoxy groups -OCH3 is 1. The van der Waals surface area contributed by atoms with Crippen LogP contribution in [-0.2, 0) is 79.8 Å². The van der Waals surface area contributed by atoms with Gasteiger partial charge in [-0.25, -0.2) is 4.98 Å². The van der Waals surface area contributed by atoms with Gasteiger partial charge in [0.05, 0.1) is 48.1 Å². The summed E-state index contributed by atoms with van der Waals surface area (Å²) >= 11 is 0. The van der Waals surface area contributed by atoms with Crippen molar-refractivity contribution in [1.29, 1.82) is 0 Å². The van der Waals surface area contributed by atoms with Crippen LogP contribution in [0.1, 0.15) is 155 Å². The fourth-order valence-corrected chi connectivity index (χ4v) is 17.3. The van der Waals surface area contributed by atoms with Crippen molar-refractivity contribution >= 4 is 104 Å². The lowest BCUT2D eigenvalue weighted by atomic mass is 9.78. The number of likely N-dealkylation sites (N-methyl/N-ethyl adjacent to an activating group) is 1. The van der Waals surface area contributed by atoms with Crippen molar-refractivity contribution < 1.29 is 101 Å². The number of imide groups is 1. The van der Waals surface area contributed by atoms with Crippen LogP contribution in [0.3, 0.4) is 0 Å². The summed E-state index contributed by atoms with van der Waals surface area (Å²) in [5, 5.41) is 61.4. The van der Waals surface area contributed by atoms with Crippen molar-refractivity contribution in [3.63, 3.8) is 0 Å². The maximum Gasteiger partial charge on any atom is 0.312 e. The Morgan fingerprint density at radius 2 is 1.46 bits per heavy atom. The number of anilines is 2. The Labute approximate surface area is 731 Å². The normalized spacial score (nSPS) is 24.1. The highest BCUT2D eigenvalue weighted by molar-refractivity contribution is 6.23. The van der Waals surface area contributed by atoms with Crippen LogP contribution in [0.4, 0.5) is 11.4 Å². The zero-order chi connectivity index (χ0) is 91.6. The molecule has 9 amide bonds. The van der Waals surface area contributed by atoms with Crippen LogP contribution in [0.25, 0.3) is 33.3 Å². The molecule has 0 spiro atoms. The van der Waals surface area contributed by atoms with E-state index >= 15 is 28.8 Å². The average molecular weight is 1740 g/mol. The van der Waals surface area contributed by atoms with E-state index in [-0.39, 0.29) is 108 Å². The van der Waals surface area contributed by atoms with Gasteiger partial charge in [-0.3, -0.25) is 67.2 Å². The zero-order valence-electron chi connectivity index (χ0n) is 73.7. The summed E-state index contributed by atoms with van der Waals surface area (Å²) in [4.78, 5) is 193. The number of amides is 9. The lowest BCUT2D eigenvalue weighted by Gasteiger charge is -2.38. The summed E-state index contributed by atoms with van der Waals surface area (Å²) in [5.41, 5.74) is -0.335. The van der Waals surface area contributed by atoms with E-state index in [9.17, 15) is 54.0 Å². The molecule has 7 heterocycles. The van der Waals surface area contributed by atoms with Crippen LogP contribution in [-0.4, -0.2) is 218 Å². The van der Waals surface area contributed by atoms with Gasteiger partial charge in [0.2, 0.25) is 40.9 Å². The molecule has 1 aliphatic carbocycles. The zero-order valence-corrected chi connectivity index (χ0v) is 73.7. The number of ketones is 2. The number of fused-ring (bicyclic) bond motifs is 14. The third-order valence-electron chi connectivity index (χ3n) is 25.1. The van der Waals surface area contributed by atoms with Gasteiger partial charge in [0.1, 0.15) is 58.4 Å². The van der Waals surface area contributed by atoms with E-state index < -0.39 is 201 Å². The van der Waals surface area contributed by atoms with E-state index in [0.29, 0.717) is 50.0 Å². The second-order valence-corrected chi connectivity index (χ2v) is 34.5. The molecule has 674 valence electrons. The molecule has 9 N–H and O–H groups in total. The Hall–Kier alpha value is -12.2. The molecular formula is C94H116N10O22. The number of phenols is 2. The maximum atomic E-state index is 15.4. The molecule has 4 aromatic carbocycles. The molecule has 15 atom stereocenters. The first kappa shape index (κ1) is 94.5. The van der Waals surface area contributed by atoms with Crippen LogP contribution in [0.15, 0.2) is 130 Å². The standard InChI is InChI=1S/C94H116N10O22/c1-15-50(4)77(99-91(119)64-30-23-37-103(64)73(111)48-95-70(108)35-40-104-71(109)31-32-72(104)110)93(121)101(13)65(42-49(2)3)92(120)97-63(44-59-28-20-17-21-29-59)66(106)45-60(43-58-26-18-16-19-27-58)90(118)96-61-33-38-102(39-34-61)62-46-67(107)78-69(47-62)125-87-79(98-78)74-75-83(114)56(10)86-76(74)88(116)94(12,126-86)123-41-36-68(122-14)53(7)85(124-57(11)105)55(9)82(113)54(8)81(112)51(5)24-22-25-52(6)89(117)100-80(87)84(75)115/h16-22,24-29,31-32,36,41,46-47,49-51,53-55,60-61,63-65,68,77,81-82,85,107,112-114H,15,23,30,33-35,37-40,42-45,48H2,1-14H3,(H,95,108)(H,96,118)(H,97,120)(H,99,119)(H,100,117)/b24-22+,41-36+,52-25-/t50-,51-,53+,54+,55+,60+,63-,64-,65-,68-,77-,81-,82+,85+,94-/m0/s1. The number of likely N-dealkylation sites (tertiary alicyclic amines) is 1. The lowest BCUT2D eigenvalue weighted by molar-refractivity contribution is -0.160. The molecule has 4 aromatic rings. The van der Waals surface area contributed by atoms with Crippen molar-refractivity contribution in [3.05, 3.63) is 154 Å². The van der Waals surface area contributed by atoms with E-state index in [0.717, 1.165) is 28.9 Å². The molecule has 2 fully saturated rings. The van der Waals surface area contributed by atoms with Crippen LogP contribution in [0, 0.1) is 48.3 Å². The number of carbonyl (C=O) groups is 12. The summed E-state index contributed by atoms with van der Waals surface area (Å²) in [6.07, 6.45) is 6.73. The quantitative estimate of drug-likeness (QED) is 0.0102. The van der Waals surface area contributed by atoms with Crippen molar-refractivity contribution in [1.82, 2.24) is 41.0 Å². The van der Waals surface area contributed by atoms with Gasteiger partial charge in [0, 0.05) is 149 Å². The fraction of sp³-hybridized carbons (Fsp3) is 0.489. The highest BCUT2D eigenvalue weighted by atomic mass is 16.7. The Kier molecular flexibility index (Phi) is 30.7. The van der Waals surface area contributed by atoms with E-state index in [1.54, 1.807) is 58.9 Å². The smallest absolute Gasteiger partial charge is 0.312 e. The van der Waals surface area contributed by atoms with Gasteiger partial charge in [-0.1, -0.05) is 141 Å². The summed E-state index contributed by atoms with van der Waals surface area (Å²) in [6, 6.07) is 16.2. The number of aromatic hydroxyl groups is 2. The van der Waals surface area contributed by atoms with Crippen LogP contribution in [0.2, 0.25) is 0 Å². The van der Waals surface area contributed by atoms with Gasteiger partial charge >= 0.3 is 11.8 Å². The predicted molar refractivity (Wildman–Crippen MR) is 467 cm³/mol. The molecule has 8 aliphatic rings. The summed E-state index contributed by atoms with van der Waals surface area (Å²) in [6.45, 7) is 19.8. The molecule has 32 nitrogen and oxygen atoms in total. The minimum absolute atomic E-state index is 0.0187. The number of esters is 1. The Morgan fingerprint density at radius 3 is 2.10 bits per heavy atom. The number of benzene rings is 5. The number of phenolic OH excluding ortho intramolecular Hbond substituents is 2. The Bertz CT molecular complexity index is 5270. The average Bonchev–Trinajstić information content (AvgIpc) is 1.44. The van der Waals surface area contributed by atoms with Gasteiger partial charge in [-0.2, -0.15) is 0 Å². The van der Waals surface area contributed by atoms with Gasteiger partial charge < -0.3 is 85.1 Å². The number of aromatic nitrogens is 1. The molecule has 5 bridgehead atoms. The molecule has 12 rings (SSSR count). The van der Waals surface area contributed by atoms with Gasteiger partial charge in [-0.05, 0) is 87.8 Å². The van der Waals surface area contributed by atoms with Crippen molar-refractivity contribution in [3.8, 4) is 28.7 Å². The van der Waals surface area contributed by atoms with Crippen molar-refractivity contribution in [2.24, 2.45) is 41.4 Å².